The molecule has 0 atom stereocenters. The first-order valence-electron chi connectivity index (χ1n) is 8.11. The van der Waals surface area contributed by atoms with Crippen molar-refractivity contribution < 1.29 is 23.5 Å². The van der Waals surface area contributed by atoms with Gasteiger partial charge in [0, 0.05) is 32.1 Å². The molecular weight excluding hydrogens is 375 g/mol. The number of nitrogens with one attached hydrogen (secondary N) is 1. The highest BCUT2D eigenvalue weighted by molar-refractivity contribution is 6.32. The van der Waals surface area contributed by atoms with Crippen LogP contribution in [0.2, 0.25) is 5.02 Å². The van der Waals surface area contributed by atoms with E-state index in [-0.39, 0.29) is 24.6 Å². The zero-order chi connectivity index (χ0) is 20.0. The number of methoxy groups -OCH3 is 2. The Morgan fingerprint density at radius 3 is 2.41 bits per heavy atom. The molecule has 8 heteroatoms. The summed E-state index contributed by atoms with van der Waals surface area (Å²) in [5.74, 6) is -0.664. The van der Waals surface area contributed by atoms with Gasteiger partial charge in [-0.1, -0.05) is 23.7 Å². The summed E-state index contributed by atoms with van der Waals surface area (Å²) in [5, 5.41) is 2.94. The van der Waals surface area contributed by atoms with Crippen LogP contribution in [0.5, 0.6) is 11.5 Å². The first-order valence-corrected chi connectivity index (χ1v) is 8.49. The fraction of sp³-hybridized carbons (Fsp3) is 0.263. The number of carbonyl (C=O) groups is 2. The molecule has 0 aromatic heterocycles. The van der Waals surface area contributed by atoms with E-state index in [0.717, 1.165) is 0 Å². The Morgan fingerprint density at radius 1 is 1.15 bits per heavy atom. The molecule has 0 bridgehead atoms. The maximum Gasteiger partial charge on any atom is 0.254 e. The second kappa shape index (κ2) is 9.23. The van der Waals surface area contributed by atoms with Crippen LogP contribution in [0.4, 0.5) is 10.1 Å². The monoisotopic (exact) mass is 394 g/mol. The van der Waals surface area contributed by atoms with Gasteiger partial charge in [-0.2, -0.15) is 0 Å². The van der Waals surface area contributed by atoms with Crippen LogP contribution in [-0.2, 0) is 4.79 Å². The summed E-state index contributed by atoms with van der Waals surface area (Å²) in [6.45, 7) is 1.65. The van der Waals surface area contributed by atoms with E-state index in [1.54, 1.807) is 18.2 Å². The van der Waals surface area contributed by atoms with E-state index in [4.69, 9.17) is 21.1 Å². The maximum atomic E-state index is 13.7. The standard InChI is InChI=1S/C19H20ClFN2O4/c1-12(24)23(16-11-17(26-2)14(20)10-18(16)27-3)9-8-22-19(25)13-6-4-5-7-15(13)21/h4-7,10-11H,8-9H2,1-3H3,(H,22,25). The Labute approximate surface area is 161 Å². The highest BCUT2D eigenvalue weighted by Gasteiger charge is 2.20. The molecule has 0 saturated heterocycles. The highest BCUT2D eigenvalue weighted by Crippen LogP contribution is 2.38. The Kier molecular flexibility index (Phi) is 7.01. The number of carbonyl (C=O) groups excluding carboxylic acids is 2. The van der Waals surface area contributed by atoms with Crippen LogP contribution in [0.15, 0.2) is 36.4 Å². The van der Waals surface area contributed by atoms with E-state index in [1.165, 1.54) is 44.2 Å². The zero-order valence-corrected chi connectivity index (χ0v) is 16.0. The lowest BCUT2D eigenvalue weighted by Gasteiger charge is -2.24. The van der Waals surface area contributed by atoms with Gasteiger partial charge in [0.2, 0.25) is 5.91 Å². The third kappa shape index (κ3) is 4.89. The zero-order valence-electron chi connectivity index (χ0n) is 15.2. The SMILES string of the molecule is COc1cc(N(CCNC(=O)c2ccccc2F)C(C)=O)c(OC)cc1Cl. The van der Waals surface area contributed by atoms with Crippen LogP contribution in [0.3, 0.4) is 0 Å². The van der Waals surface area contributed by atoms with Gasteiger partial charge in [-0.15, -0.1) is 0 Å². The normalized spacial score (nSPS) is 10.3. The third-order valence-corrected chi connectivity index (χ3v) is 4.16. The number of ether oxygens (including phenoxy) is 2. The number of rotatable bonds is 7. The molecule has 0 aliphatic heterocycles. The van der Waals surface area contributed by atoms with E-state index < -0.39 is 11.7 Å². The van der Waals surface area contributed by atoms with Crippen molar-refractivity contribution in [2.45, 2.75) is 6.92 Å². The largest absolute Gasteiger partial charge is 0.495 e. The summed E-state index contributed by atoms with van der Waals surface area (Å²) in [7, 11) is 2.92. The molecule has 2 aromatic rings. The number of halogens is 2. The molecule has 0 heterocycles. The quantitative estimate of drug-likeness (QED) is 0.782. The molecule has 2 rings (SSSR count). The van der Waals surface area contributed by atoms with Crippen molar-refractivity contribution in [3.05, 3.63) is 52.8 Å². The van der Waals surface area contributed by atoms with E-state index in [1.807, 2.05) is 0 Å². The average molecular weight is 395 g/mol. The van der Waals surface area contributed by atoms with Crippen molar-refractivity contribution in [2.75, 3.05) is 32.2 Å². The predicted molar refractivity (Wildman–Crippen MR) is 101 cm³/mol. The Morgan fingerprint density at radius 2 is 1.81 bits per heavy atom. The van der Waals surface area contributed by atoms with Gasteiger partial charge in [0.1, 0.15) is 17.3 Å². The van der Waals surface area contributed by atoms with Crippen LogP contribution >= 0.6 is 11.6 Å². The summed E-state index contributed by atoms with van der Waals surface area (Å²) < 4.78 is 24.2. The van der Waals surface area contributed by atoms with Crippen molar-refractivity contribution in [3.63, 3.8) is 0 Å². The van der Waals surface area contributed by atoms with Crippen molar-refractivity contribution >= 4 is 29.1 Å². The minimum atomic E-state index is -0.609. The van der Waals surface area contributed by atoms with Crippen LogP contribution < -0.4 is 19.7 Å². The van der Waals surface area contributed by atoms with Crippen LogP contribution in [0, 0.1) is 5.82 Å². The van der Waals surface area contributed by atoms with Crippen LogP contribution in [-0.4, -0.2) is 39.1 Å². The molecule has 0 saturated carbocycles. The predicted octanol–water partition coefficient (Wildman–Crippen LogP) is 3.28. The highest BCUT2D eigenvalue weighted by atomic mass is 35.5. The van der Waals surface area contributed by atoms with E-state index in [0.29, 0.717) is 22.2 Å². The van der Waals surface area contributed by atoms with Gasteiger partial charge in [0.05, 0.1) is 30.5 Å². The fourth-order valence-electron chi connectivity index (χ4n) is 2.52. The Bertz CT molecular complexity index is 844. The number of benzene rings is 2. The van der Waals surface area contributed by atoms with Gasteiger partial charge in [-0.3, -0.25) is 9.59 Å². The molecule has 2 aromatic carbocycles. The smallest absolute Gasteiger partial charge is 0.254 e. The average Bonchev–Trinajstić information content (AvgIpc) is 2.65. The van der Waals surface area contributed by atoms with Crippen molar-refractivity contribution in [1.82, 2.24) is 5.32 Å². The van der Waals surface area contributed by atoms with Crippen molar-refractivity contribution in [3.8, 4) is 11.5 Å². The molecule has 6 nitrogen and oxygen atoms in total. The Hall–Kier alpha value is -2.80. The number of nitrogens with zero attached hydrogens (tertiary/aromatic N) is 1. The minimum absolute atomic E-state index is 0.0578. The molecule has 0 aliphatic rings. The van der Waals surface area contributed by atoms with Crippen LogP contribution in [0.1, 0.15) is 17.3 Å². The lowest BCUT2D eigenvalue weighted by molar-refractivity contribution is -0.116. The summed E-state index contributed by atoms with van der Waals surface area (Å²) in [5.41, 5.74) is 0.393. The summed E-state index contributed by atoms with van der Waals surface area (Å²) >= 11 is 6.09. The second-order valence-corrected chi connectivity index (χ2v) is 5.97. The van der Waals surface area contributed by atoms with Gasteiger partial charge in [0.25, 0.3) is 5.91 Å². The first-order chi connectivity index (χ1) is 12.9. The summed E-state index contributed by atoms with van der Waals surface area (Å²) in [4.78, 5) is 25.6. The summed E-state index contributed by atoms with van der Waals surface area (Å²) in [6, 6.07) is 8.81. The Balaban J connectivity index is 2.16. The van der Waals surface area contributed by atoms with Crippen LogP contribution in [0.25, 0.3) is 0 Å². The van der Waals surface area contributed by atoms with Gasteiger partial charge in [-0.05, 0) is 12.1 Å². The topological polar surface area (TPSA) is 67.9 Å². The molecular formula is C19H20ClFN2O4. The third-order valence-electron chi connectivity index (χ3n) is 3.86. The molecule has 27 heavy (non-hydrogen) atoms. The molecule has 0 radical (unpaired) electrons. The lowest BCUT2D eigenvalue weighted by Crippen LogP contribution is -2.38. The van der Waals surface area contributed by atoms with Crippen molar-refractivity contribution in [2.24, 2.45) is 0 Å². The number of amides is 2. The second-order valence-electron chi connectivity index (χ2n) is 5.57. The molecule has 0 aliphatic carbocycles. The molecule has 2 amide bonds. The molecule has 144 valence electrons. The minimum Gasteiger partial charge on any atom is -0.495 e. The summed E-state index contributed by atoms with van der Waals surface area (Å²) in [6.07, 6.45) is 0. The van der Waals surface area contributed by atoms with E-state index in [9.17, 15) is 14.0 Å². The van der Waals surface area contributed by atoms with Crippen molar-refractivity contribution in [1.29, 1.82) is 0 Å². The lowest BCUT2D eigenvalue weighted by atomic mass is 10.2. The van der Waals surface area contributed by atoms with E-state index >= 15 is 0 Å². The van der Waals surface area contributed by atoms with Gasteiger partial charge >= 0.3 is 0 Å². The molecule has 0 unspecified atom stereocenters. The molecule has 0 spiro atoms. The number of hydrogen-bond donors (Lipinski definition) is 1. The number of anilines is 1. The van der Waals surface area contributed by atoms with Gasteiger partial charge < -0.3 is 19.7 Å². The number of hydrogen-bond acceptors (Lipinski definition) is 4. The maximum absolute atomic E-state index is 13.7. The van der Waals surface area contributed by atoms with E-state index in [2.05, 4.69) is 5.32 Å². The fourth-order valence-corrected chi connectivity index (χ4v) is 2.76. The van der Waals surface area contributed by atoms with Gasteiger partial charge in [0.15, 0.2) is 0 Å². The first kappa shape index (κ1) is 20.5. The molecule has 1 N–H and O–H groups in total. The molecule has 0 fully saturated rings. The van der Waals surface area contributed by atoms with Gasteiger partial charge in [-0.25, -0.2) is 4.39 Å².